The van der Waals surface area contributed by atoms with Crippen LogP contribution in [0.3, 0.4) is 0 Å². The number of pyridine rings is 1. The Labute approximate surface area is 185 Å². The van der Waals surface area contributed by atoms with Gasteiger partial charge in [-0.15, -0.1) is 23.4 Å². The summed E-state index contributed by atoms with van der Waals surface area (Å²) in [6, 6.07) is 4.27. The number of azo groups is 1. The Balaban J connectivity index is 1.34. The molecule has 3 atom stereocenters. The van der Waals surface area contributed by atoms with Crippen LogP contribution in [0.15, 0.2) is 33.5 Å². The van der Waals surface area contributed by atoms with Crippen molar-refractivity contribution in [3.8, 4) is 0 Å². The van der Waals surface area contributed by atoms with E-state index in [0.29, 0.717) is 22.9 Å². The summed E-state index contributed by atoms with van der Waals surface area (Å²) in [6.45, 7) is 0.793. The van der Waals surface area contributed by atoms with Crippen molar-refractivity contribution in [1.29, 1.82) is 0 Å². The zero-order valence-corrected chi connectivity index (χ0v) is 18.5. The minimum Gasteiger partial charge on any atom is -0.458 e. The van der Waals surface area contributed by atoms with Crippen LogP contribution >= 0.6 is 23.4 Å². The molecule has 0 amide bonds. The van der Waals surface area contributed by atoms with E-state index in [1.807, 2.05) is 12.1 Å². The van der Waals surface area contributed by atoms with Crippen molar-refractivity contribution < 1.29 is 9.53 Å². The number of halogens is 1. The fourth-order valence-electron chi connectivity index (χ4n) is 4.94. The van der Waals surface area contributed by atoms with Crippen LogP contribution < -0.4 is 0 Å². The van der Waals surface area contributed by atoms with Gasteiger partial charge in [0.05, 0.1) is 12.6 Å². The minimum absolute atomic E-state index is 0.0454. The number of carbonyl (C=O) groups is 1. The molecule has 2 aliphatic carbocycles. The predicted octanol–water partition coefficient (Wildman–Crippen LogP) is 5.76. The number of fused-ring (bicyclic) bond motifs is 2. The van der Waals surface area contributed by atoms with Crippen molar-refractivity contribution in [1.82, 2.24) is 9.97 Å². The lowest BCUT2D eigenvalue weighted by molar-refractivity contribution is 0.00877. The van der Waals surface area contributed by atoms with Gasteiger partial charge >= 0.3 is 5.97 Å². The number of nitrogens with zero attached hydrogens (tertiary/aromatic N) is 3. The molecule has 5 rings (SSSR count). The molecule has 1 N–H and O–H groups in total. The zero-order chi connectivity index (χ0) is 20.5. The van der Waals surface area contributed by atoms with Crippen molar-refractivity contribution >= 4 is 40.4 Å². The summed E-state index contributed by atoms with van der Waals surface area (Å²) >= 11 is 8.07. The van der Waals surface area contributed by atoms with E-state index in [1.54, 1.807) is 18.0 Å². The quantitative estimate of drug-likeness (QED) is 0.478. The molecule has 0 saturated heterocycles. The van der Waals surface area contributed by atoms with Crippen molar-refractivity contribution in [2.75, 3.05) is 6.54 Å². The van der Waals surface area contributed by atoms with Gasteiger partial charge in [-0.2, -0.15) is 10.2 Å². The normalized spacial score (nSPS) is 31.4. The fraction of sp³-hybridized carbons (Fsp3) is 0.636. The second-order valence-corrected chi connectivity index (χ2v) is 10.6. The first-order chi connectivity index (χ1) is 14.7. The van der Waals surface area contributed by atoms with Gasteiger partial charge in [0.2, 0.25) is 0 Å². The van der Waals surface area contributed by atoms with Crippen LogP contribution in [0.1, 0.15) is 61.9 Å². The molecule has 2 aromatic rings. The van der Waals surface area contributed by atoms with Crippen LogP contribution in [0.5, 0.6) is 0 Å². The summed E-state index contributed by atoms with van der Waals surface area (Å²) in [7, 11) is 0. The molecule has 0 bridgehead atoms. The molecule has 160 valence electrons. The molecule has 1 aliphatic heterocycles. The molecule has 2 fully saturated rings. The second-order valence-electron chi connectivity index (χ2n) is 8.66. The Morgan fingerprint density at radius 2 is 2.03 bits per heavy atom. The number of nitrogens with one attached hydrogen (secondary N) is 1. The predicted molar refractivity (Wildman–Crippen MR) is 119 cm³/mol. The summed E-state index contributed by atoms with van der Waals surface area (Å²) in [5.41, 5.74) is 1.29. The number of esters is 1. The maximum absolute atomic E-state index is 13.2. The first kappa shape index (κ1) is 20.3. The third kappa shape index (κ3) is 4.24. The van der Waals surface area contributed by atoms with Crippen LogP contribution in [0.2, 0.25) is 0 Å². The smallest absolute Gasteiger partial charge is 0.356 e. The van der Waals surface area contributed by atoms with Gasteiger partial charge in [-0.1, -0.05) is 0 Å². The highest BCUT2D eigenvalue weighted by Gasteiger charge is 2.35. The van der Waals surface area contributed by atoms with Gasteiger partial charge in [-0.05, 0) is 69.4 Å². The third-order valence-electron chi connectivity index (χ3n) is 6.61. The average Bonchev–Trinajstić information content (AvgIpc) is 3.14. The van der Waals surface area contributed by atoms with Crippen LogP contribution in [-0.4, -0.2) is 45.3 Å². The third-order valence-corrected chi connectivity index (χ3v) is 8.51. The Morgan fingerprint density at radius 1 is 1.17 bits per heavy atom. The molecular formula is C22H27ClN4O2S. The number of ether oxygens (including phenoxy) is 1. The lowest BCUT2D eigenvalue weighted by Crippen LogP contribution is -2.35. The highest BCUT2D eigenvalue weighted by Crippen LogP contribution is 2.41. The zero-order valence-electron chi connectivity index (χ0n) is 16.9. The van der Waals surface area contributed by atoms with E-state index in [-0.39, 0.29) is 17.5 Å². The van der Waals surface area contributed by atoms with Crippen molar-refractivity contribution in [2.24, 2.45) is 16.1 Å². The number of rotatable bonds is 4. The molecule has 2 aromatic heterocycles. The topological polar surface area (TPSA) is 79.7 Å². The minimum atomic E-state index is -0.262. The monoisotopic (exact) mass is 446 g/mol. The standard InChI is InChI=1S/C22H27ClN4O2S/c23-14-3-6-16(7-4-14)30-20-17-2-1-10-24-21(17)26-19(20)22(28)29-15-5-8-18-13(12-15)9-11-25-27-18/h1-2,10,13-16,18H,3-9,11-12H2,(H,24,26). The molecule has 6 nitrogen and oxygen atoms in total. The molecular weight excluding hydrogens is 420 g/mol. The Kier molecular flexibility index (Phi) is 6.01. The Bertz CT molecular complexity index is 940. The van der Waals surface area contributed by atoms with E-state index in [0.717, 1.165) is 73.8 Å². The fourth-order valence-corrected chi connectivity index (χ4v) is 6.58. The number of hydrogen-bond donors (Lipinski definition) is 1. The lowest BCUT2D eigenvalue weighted by Gasteiger charge is -2.34. The molecule has 30 heavy (non-hydrogen) atoms. The van der Waals surface area contributed by atoms with Gasteiger partial charge in [-0.25, -0.2) is 9.78 Å². The summed E-state index contributed by atoms with van der Waals surface area (Å²) in [4.78, 5) is 21.8. The highest BCUT2D eigenvalue weighted by atomic mass is 35.5. The molecule has 3 unspecified atom stereocenters. The highest BCUT2D eigenvalue weighted by molar-refractivity contribution is 8.00. The molecule has 8 heteroatoms. The van der Waals surface area contributed by atoms with Crippen LogP contribution in [0.25, 0.3) is 11.0 Å². The number of thioether (sulfide) groups is 1. The average molecular weight is 447 g/mol. The number of alkyl halides is 1. The molecule has 3 aliphatic rings. The number of aromatic amines is 1. The lowest BCUT2D eigenvalue weighted by atomic mass is 9.80. The molecule has 0 radical (unpaired) electrons. The number of carbonyl (C=O) groups excluding carboxylic acids is 1. The largest absolute Gasteiger partial charge is 0.458 e. The van der Waals surface area contributed by atoms with Crippen molar-refractivity contribution in [3.63, 3.8) is 0 Å². The maximum Gasteiger partial charge on any atom is 0.356 e. The number of H-pyrrole nitrogens is 1. The van der Waals surface area contributed by atoms with Gasteiger partial charge in [-0.3, -0.25) is 0 Å². The summed E-state index contributed by atoms with van der Waals surface area (Å²) in [5.74, 6) is 0.223. The van der Waals surface area contributed by atoms with E-state index in [2.05, 4.69) is 20.2 Å². The van der Waals surface area contributed by atoms with Crippen molar-refractivity contribution in [3.05, 3.63) is 24.0 Å². The Hall–Kier alpha value is -1.60. The SMILES string of the molecule is O=C(OC1CCC2N=NCCC2C1)c1[nH]c2ncccc2c1SC1CCC(Cl)CC1. The first-order valence-corrected chi connectivity index (χ1v) is 12.3. The van der Waals surface area contributed by atoms with E-state index in [4.69, 9.17) is 16.3 Å². The molecule has 0 spiro atoms. The van der Waals surface area contributed by atoms with Crippen LogP contribution in [-0.2, 0) is 4.74 Å². The summed E-state index contributed by atoms with van der Waals surface area (Å²) in [5, 5.41) is 10.3. The maximum atomic E-state index is 13.2. The van der Waals surface area contributed by atoms with Gasteiger partial charge in [0.25, 0.3) is 0 Å². The van der Waals surface area contributed by atoms with Gasteiger partial charge in [0, 0.05) is 27.1 Å². The molecule has 0 aromatic carbocycles. The molecule has 3 heterocycles. The number of aromatic nitrogens is 2. The van der Waals surface area contributed by atoms with E-state index >= 15 is 0 Å². The summed E-state index contributed by atoms with van der Waals surface area (Å²) in [6.07, 6.45) is 9.63. The second kappa shape index (κ2) is 8.87. The molecule has 2 saturated carbocycles. The number of hydrogen-bond acceptors (Lipinski definition) is 6. The van der Waals surface area contributed by atoms with Crippen LogP contribution in [0, 0.1) is 5.92 Å². The van der Waals surface area contributed by atoms with E-state index < -0.39 is 0 Å². The van der Waals surface area contributed by atoms with Gasteiger partial charge in [0.1, 0.15) is 17.4 Å². The summed E-state index contributed by atoms with van der Waals surface area (Å²) < 4.78 is 6.00. The van der Waals surface area contributed by atoms with E-state index in [9.17, 15) is 4.79 Å². The van der Waals surface area contributed by atoms with Gasteiger partial charge in [0.15, 0.2) is 0 Å². The van der Waals surface area contributed by atoms with Gasteiger partial charge < -0.3 is 9.72 Å². The van der Waals surface area contributed by atoms with E-state index in [1.165, 1.54) is 0 Å². The van der Waals surface area contributed by atoms with Crippen LogP contribution in [0.4, 0.5) is 0 Å². The first-order valence-electron chi connectivity index (χ1n) is 11.0. The Morgan fingerprint density at radius 3 is 2.90 bits per heavy atom. The van der Waals surface area contributed by atoms with Crippen molar-refractivity contribution in [2.45, 2.75) is 79.0 Å².